The number of anilines is 3. The summed E-state index contributed by atoms with van der Waals surface area (Å²) in [5, 5.41) is 17.0. The molecule has 9 heteroatoms. The van der Waals surface area contributed by atoms with Crippen molar-refractivity contribution in [2.45, 2.75) is 43.5 Å². The third kappa shape index (κ3) is 4.08. The molecule has 1 aliphatic carbocycles. The van der Waals surface area contributed by atoms with Gasteiger partial charge in [0, 0.05) is 12.6 Å². The molecule has 27 heavy (non-hydrogen) atoms. The van der Waals surface area contributed by atoms with Gasteiger partial charge >= 0.3 is 0 Å². The average molecular weight is 412 g/mol. The third-order valence-electron chi connectivity index (χ3n) is 4.61. The fraction of sp³-hybridized carbons (Fsp3) is 0.444. The Morgan fingerprint density at radius 3 is 2.56 bits per heavy atom. The maximum Gasteiger partial charge on any atom is 0.253 e. The second-order valence-corrected chi connectivity index (χ2v) is 7.76. The van der Waals surface area contributed by atoms with Gasteiger partial charge < -0.3 is 15.7 Å². The molecule has 1 aliphatic rings. The van der Waals surface area contributed by atoms with Gasteiger partial charge in [-0.3, -0.25) is 14.4 Å². The fourth-order valence-electron chi connectivity index (χ4n) is 3.12. The van der Waals surface area contributed by atoms with Crippen LogP contribution in [0.2, 0.25) is 5.02 Å². The van der Waals surface area contributed by atoms with Gasteiger partial charge in [0.15, 0.2) is 5.75 Å². The Morgan fingerprint density at radius 1 is 1.26 bits per heavy atom. The van der Waals surface area contributed by atoms with Crippen LogP contribution in [0.3, 0.4) is 0 Å². The van der Waals surface area contributed by atoms with Crippen molar-refractivity contribution in [3.8, 4) is 5.75 Å². The predicted molar refractivity (Wildman–Crippen MR) is 109 cm³/mol. The first kappa shape index (κ1) is 20.0. The van der Waals surface area contributed by atoms with Gasteiger partial charge in [-0.2, -0.15) is 0 Å². The topological polar surface area (TPSA) is 90.9 Å². The van der Waals surface area contributed by atoms with E-state index in [1.807, 2.05) is 6.92 Å². The van der Waals surface area contributed by atoms with E-state index in [0.717, 1.165) is 37.6 Å². The monoisotopic (exact) mass is 411 g/mol. The van der Waals surface area contributed by atoms with Gasteiger partial charge in [-0.1, -0.05) is 24.4 Å². The van der Waals surface area contributed by atoms with Gasteiger partial charge in [0.2, 0.25) is 0 Å². The minimum absolute atomic E-state index is 0.108. The second kappa shape index (κ2) is 8.52. The third-order valence-corrected chi connectivity index (χ3v) is 6.25. The highest BCUT2D eigenvalue weighted by Crippen LogP contribution is 2.43. The molecular formula is C18H22ClN3O4S. The summed E-state index contributed by atoms with van der Waals surface area (Å²) in [7, 11) is 1.52. The number of rotatable bonds is 8. The molecular weight excluding hydrogens is 390 g/mol. The number of nitrogens with one attached hydrogen (secondary N) is 2. The molecule has 0 aliphatic heterocycles. The summed E-state index contributed by atoms with van der Waals surface area (Å²) in [5.41, 5.74) is -0.340. The number of hydrogen-bond acceptors (Lipinski definition) is 8. The molecule has 0 aromatic heterocycles. The maximum atomic E-state index is 12.0. The molecule has 7 nitrogen and oxygen atoms in total. The number of nitrogens with zero attached hydrogens (tertiary/aromatic N) is 1. The standard InChI is InChI=1S/C18H22ClN3O4S/c1-3-22(26-2)27-18-11(19)8-9-12(15(18)23)21-14-13(16(24)17(14)25)20-10-6-4-5-7-10/h8-10,20-21,23H,3-7H2,1-2H3. The molecule has 1 fully saturated rings. The Bertz CT molecular complexity index is 888. The number of aromatic hydroxyl groups is 1. The normalized spacial score (nSPS) is 15.0. The van der Waals surface area contributed by atoms with Gasteiger partial charge in [-0.25, -0.2) is 0 Å². The molecule has 0 amide bonds. The van der Waals surface area contributed by atoms with Crippen molar-refractivity contribution in [2.24, 2.45) is 0 Å². The molecule has 146 valence electrons. The smallest absolute Gasteiger partial charge is 0.253 e. The molecule has 3 rings (SSSR count). The van der Waals surface area contributed by atoms with E-state index in [2.05, 4.69) is 10.6 Å². The van der Waals surface area contributed by atoms with Crippen LogP contribution in [-0.2, 0) is 4.84 Å². The van der Waals surface area contributed by atoms with Gasteiger partial charge in [0.1, 0.15) is 11.4 Å². The van der Waals surface area contributed by atoms with Crippen molar-refractivity contribution in [2.75, 3.05) is 24.3 Å². The van der Waals surface area contributed by atoms with E-state index in [1.165, 1.54) is 7.11 Å². The zero-order valence-electron chi connectivity index (χ0n) is 15.2. The van der Waals surface area contributed by atoms with Crippen molar-refractivity contribution in [3.63, 3.8) is 0 Å². The predicted octanol–water partition coefficient (Wildman–Crippen LogP) is 3.63. The summed E-state index contributed by atoms with van der Waals surface area (Å²) in [6.45, 7) is 2.47. The molecule has 0 unspecified atom stereocenters. The Labute approximate surface area is 166 Å². The second-order valence-electron chi connectivity index (χ2n) is 6.35. The summed E-state index contributed by atoms with van der Waals surface area (Å²) >= 11 is 7.34. The first-order valence-corrected chi connectivity index (χ1v) is 9.99. The molecule has 0 bridgehead atoms. The average Bonchev–Trinajstić information content (AvgIpc) is 3.19. The highest BCUT2D eigenvalue weighted by atomic mass is 35.5. The largest absolute Gasteiger partial charge is 0.505 e. The molecule has 0 spiro atoms. The van der Waals surface area contributed by atoms with Crippen LogP contribution in [0.25, 0.3) is 0 Å². The molecule has 0 radical (unpaired) electrons. The van der Waals surface area contributed by atoms with Gasteiger partial charge in [0.25, 0.3) is 10.9 Å². The molecule has 0 heterocycles. The molecule has 2 aromatic rings. The molecule has 0 saturated heterocycles. The Hall–Kier alpha value is -1.74. The van der Waals surface area contributed by atoms with Crippen molar-refractivity contribution in [1.82, 2.24) is 4.47 Å². The van der Waals surface area contributed by atoms with E-state index in [1.54, 1.807) is 16.6 Å². The lowest BCUT2D eigenvalue weighted by Crippen LogP contribution is -2.38. The van der Waals surface area contributed by atoms with E-state index in [0.29, 0.717) is 27.8 Å². The number of benzene rings is 1. The van der Waals surface area contributed by atoms with Crippen LogP contribution in [-0.4, -0.2) is 29.3 Å². The number of halogens is 1. The van der Waals surface area contributed by atoms with E-state index < -0.39 is 10.9 Å². The highest BCUT2D eigenvalue weighted by Gasteiger charge is 2.26. The van der Waals surface area contributed by atoms with Crippen molar-refractivity contribution < 1.29 is 9.94 Å². The maximum absolute atomic E-state index is 12.0. The Morgan fingerprint density at radius 2 is 1.93 bits per heavy atom. The summed E-state index contributed by atoms with van der Waals surface area (Å²) in [5.74, 6) is -0.108. The fourth-order valence-corrected chi connectivity index (χ4v) is 4.14. The van der Waals surface area contributed by atoms with Crippen molar-refractivity contribution in [1.29, 1.82) is 0 Å². The summed E-state index contributed by atoms with van der Waals surface area (Å²) in [6.07, 6.45) is 4.19. The van der Waals surface area contributed by atoms with Crippen LogP contribution >= 0.6 is 23.5 Å². The first-order valence-electron chi connectivity index (χ1n) is 8.84. The molecule has 3 N–H and O–H groups in total. The minimum Gasteiger partial charge on any atom is -0.505 e. The van der Waals surface area contributed by atoms with Crippen LogP contribution in [0.5, 0.6) is 5.75 Å². The summed E-state index contributed by atoms with van der Waals surface area (Å²) in [6, 6.07) is 3.39. The van der Waals surface area contributed by atoms with Gasteiger partial charge in [-0.05, 0) is 43.8 Å². The lowest BCUT2D eigenvalue weighted by molar-refractivity contribution is -0.0333. The number of hydroxylamine groups is 1. The van der Waals surface area contributed by atoms with Crippen molar-refractivity contribution in [3.05, 3.63) is 37.6 Å². The minimum atomic E-state index is -0.592. The zero-order chi connectivity index (χ0) is 19.6. The summed E-state index contributed by atoms with van der Waals surface area (Å²) < 4.78 is 1.55. The zero-order valence-corrected chi connectivity index (χ0v) is 16.7. The molecule has 1 saturated carbocycles. The van der Waals surface area contributed by atoms with E-state index >= 15 is 0 Å². The SMILES string of the molecule is CCN(OC)Sc1c(Cl)ccc(Nc2c(NC3CCCC3)c(=O)c2=O)c1O. The number of phenols is 1. The molecule has 0 atom stereocenters. The highest BCUT2D eigenvalue weighted by molar-refractivity contribution is 7.97. The lowest BCUT2D eigenvalue weighted by atomic mass is 10.1. The Balaban J connectivity index is 1.85. The van der Waals surface area contributed by atoms with E-state index in [4.69, 9.17) is 16.4 Å². The van der Waals surface area contributed by atoms with E-state index in [-0.39, 0.29) is 17.5 Å². The number of phenolic OH excluding ortho intramolecular Hbond substituents is 1. The van der Waals surface area contributed by atoms with E-state index in [9.17, 15) is 14.7 Å². The number of hydrogen-bond donors (Lipinski definition) is 3. The Kier molecular flexibility index (Phi) is 6.31. The first-order chi connectivity index (χ1) is 13.0. The van der Waals surface area contributed by atoms with Crippen molar-refractivity contribution >= 4 is 40.6 Å². The van der Waals surface area contributed by atoms with Crippen LogP contribution in [0.1, 0.15) is 32.6 Å². The van der Waals surface area contributed by atoms with Crippen LogP contribution in [0.4, 0.5) is 17.1 Å². The van der Waals surface area contributed by atoms with Crippen LogP contribution < -0.4 is 21.5 Å². The van der Waals surface area contributed by atoms with Gasteiger partial charge in [-0.15, -0.1) is 4.47 Å². The van der Waals surface area contributed by atoms with Crippen LogP contribution in [0.15, 0.2) is 26.6 Å². The lowest BCUT2D eigenvalue weighted by Gasteiger charge is -2.21. The quantitative estimate of drug-likeness (QED) is 0.262. The summed E-state index contributed by atoms with van der Waals surface area (Å²) in [4.78, 5) is 29.6. The molecule has 2 aromatic carbocycles. The van der Waals surface area contributed by atoms with Crippen LogP contribution in [0, 0.1) is 0 Å². The van der Waals surface area contributed by atoms with Gasteiger partial charge in [0.05, 0.1) is 22.7 Å².